The van der Waals surface area contributed by atoms with E-state index < -0.39 is 6.03 Å². The summed E-state index contributed by atoms with van der Waals surface area (Å²) in [4.78, 5) is 10.7. The molecule has 3 N–H and O–H groups in total. The van der Waals surface area contributed by atoms with E-state index in [0.717, 1.165) is 5.71 Å². The van der Waals surface area contributed by atoms with Gasteiger partial charge in [0.1, 0.15) is 0 Å². The summed E-state index contributed by atoms with van der Waals surface area (Å²) in [5, 5.41) is 4.11. The van der Waals surface area contributed by atoms with Gasteiger partial charge < -0.3 is 5.73 Å². The van der Waals surface area contributed by atoms with Gasteiger partial charge in [0.2, 0.25) is 0 Å². The quantitative estimate of drug-likeness (QED) is 0.562. The molecule has 96 valence electrons. The predicted molar refractivity (Wildman–Crippen MR) is 68.5 cm³/mol. The number of fused-ring (bicyclic) bond motifs is 2. The smallest absolute Gasteiger partial charge is 0.332 e. The molecule has 0 radical (unpaired) electrons. The Hall–Kier alpha value is -1.06. The molecular formula is C13H23N3O. The number of nitrogens with zero attached hydrogens (tertiary/aromatic N) is 1. The number of carbonyl (C=O) groups excluding carboxylic acids is 1. The number of carbonyl (C=O) groups is 1. The van der Waals surface area contributed by atoms with Crippen molar-refractivity contribution in [1.82, 2.24) is 5.43 Å². The van der Waals surface area contributed by atoms with Crippen molar-refractivity contribution in [1.29, 1.82) is 0 Å². The number of amides is 2. The van der Waals surface area contributed by atoms with Crippen molar-refractivity contribution in [3.63, 3.8) is 0 Å². The van der Waals surface area contributed by atoms with Crippen molar-refractivity contribution in [3.8, 4) is 0 Å². The normalized spacial score (nSPS) is 39.4. The molecule has 2 rings (SSSR count). The fraction of sp³-hybridized carbons (Fsp3) is 0.846. The number of nitrogens with two attached hydrogens (primary N) is 1. The van der Waals surface area contributed by atoms with E-state index in [1.807, 2.05) is 6.92 Å². The van der Waals surface area contributed by atoms with E-state index in [-0.39, 0.29) is 0 Å². The first-order valence-electron chi connectivity index (χ1n) is 6.37. The summed E-state index contributed by atoms with van der Waals surface area (Å²) in [6, 6.07) is -0.585. The van der Waals surface area contributed by atoms with Gasteiger partial charge in [-0.15, -0.1) is 0 Å². The molecule has 2 bridgehead atoms. The second-order valence-corrected chi connectivity index (χ2v) is 6.47. The van der Waals surface area contributed by atoms with Crippen LogP contribution in [0, 0.1) is 22.7 Å². The summed E-state index contributed by atoms with van der Waals surface area (Å²) in [6.07, 6.45) is 3.77. The first kappa shape index (κ1) is 12.4. The molecule has 0 aromatic rings. The fourth-order valence-electron chi connectivity index (χ4n) is 3.97. The van der Waals surface area contributed by atoms with Crippen LogP contribution in [-0.2, 0) is 0 Å². The molecule has 3 atom stereocenters. The molecule has 17 heavy (non-hydrogen) atoms. The van der Waals surface area contributed by atoms with Crippen molar-refractivity contribution in [2.24, 2.45) is 33.5 Å². The van der Waals surface area contributed by atoms with Crippen LogP contribution in [-0.4, -0.2) is 11.7 Å². The van der Waals surface area contributed by atoms with Gasteiger partial charge in [0.05, 0.1) is 0 Å². The van der Waals surface area contributed by atoms with Crippen molar-refractivity contribution in [3.05, 3.63) is 0 Å². The van der Waals surface area contributed by atoms with Crippen molar-refractivity contribution in [2.45, 2.75) is 47.0 Å². The Balaban J connectivity index is 2.16. The van der Waals surface area contributed by atoms with E-state index in [9.17, 15) is 4.79 Å². The van der Waals surface area contributed by atoms with Gasteiger partial charge in [-0.05, 0) is 42.9 Å². The van der Waals surface area contributed by atoms with Gasteiger partial charge in [0.25, 0.3) is 0 Å². The zero-order valence-electron chi connectivity index (χ0n) is 11.2. The van der Waals surface area contributed by atoms with Gasteiger partial charge in [0, 0.05) is 11.6 Å². The summed E-state index contributed by atoms with van der Waals surface area (Å²) in [5.41, 5.74) is 9.20. The van der Waals surface area contributed by atoms with E-state index in [4.69, 9.17) is 5.73 Å². The van der Waals surface area contributed by atoms with E-state index in [2.05, 4.69) is 31.3 Å². The van der Waals surface area contributed by atoms with Crippen LogP contribution in [0.25, 0.3) is 0 Å². The van der Waals surface area contributed by atoms with Crippen LogP contribution >= 0.6 is 0 Å². The maximum Gasteiger partial charge on any atom is 0.332 e. The van der Waals surface area contributed by atoms with Crippen molar-refractivity contribution < 1.29 is 4.79 Å². The highest BCUT2D eigenvalue weighted by Gasteiger charge is 2.60. The Labute approximate surface area is 103 Å². The Morgan fingerprint density at radius 2 is 2.06 bits per heavy atom. The second-order valence-electron chi connectivity index (χ2n) is 6.47. The largest absolute Gasteiger partial charge is 0.350 e. The molecule has 2 aliphatic rings. The lowest BCUT2D eigenvalue weighted by molar-refractivity contribution is 0.152. The van der Waals surface area contributed by atoms with Gasteiger partial charge in [-0.3, -0.25) is 0 Å². The molecule has 2 fully saturated rings. The number of hydrogen-bond acceptors (Lipinski definition) is 2. The average Bonchev–Trinajstić information content (AvgIpc) is 2.57. The third-order valence-corrected chi connectivity index (χ3v) is 5.52. The highest BCUT2D eigenvalue weighted by atomic mass is 16.2. The lowest BCUT2D eigenvalue weighted by Crippen LogP contribution is -2.29. The number of hydrogen-bond donors (Lipinski definition) is 2. The molecule has 4 nitrogen and oxygen atoms in total. The molecule has 2 saturated carbocycles. The lowest BCUT2D eigenvalue weighted by Gasteiger charge is -2.34. The van der Waals surface area contributed by atoms with Gasteiger partial charge in [-0.2, -0.15) is 5.10 Å². The van der Waals surface area contributed by atoms with Crippen LogP contribution in [0.5, 0.6) is 0 Å². The van der Waals surface area contributed by atoms with Crippen LogP contribution in [0.2, 0.25) is 0 Å². The Bertz CT molecular complexity index is 372. The Morgan fingerprint density at radius 3 is 2.47 bits per heavy atom. The average molecular weight is 237 g/mol. The van der Waals surface area contributed by atoms with Crippen molar-refractivity contribution in [2.75, 3.05) is 0 Å². The fourth-order valence-corrected chi connectivity index (χ4v) is 3.97. The topological polar surface area (TPSA) is 67.5 Å². The van der Waals surface area contributed by atoms with E-state index in [1.54, 1.807) is 0 Å². The summed E-state index contributed by atoms with van der Waals surface area (Å²) < 4.78 is 0. The molecule has 0 aromatic heterocycles. The Morgan fingerprint density at radius 1 is 1.41 bits per heavy atom. The van der Waals surface area contributed by atoms with Crippen LogP contribution in [0.4, 0.5) is 4.79 Å². The standard InChI is InChI=1S/C13H23N3O/c1-8(15-16-11(14)17)9-7-13(4)6-5-10(9)12(13,2)3/h9-10H,5-7H2,1-4H3,(H3,14,16,17)/b15-8+. The van der Waals surface area contributed by atoms with Crippen LogP contribution in [0.3, 0.4) is 0 Å². The van der Waals surface area contributed by atoms with Crippen LogP contribution < -0.4 is 11.2 Å². The molecule has 2 aliphatic carbocycles. The second kappa shape index (κ2) is 3.72. The minimum absolute atomic E-state index is 0.376. The maximum absolute atomic E-state index is 10.7. The molecular weight excluding hydrogens is 214 g/mol. The highest BCUT2D eigenvalue weighted by Crippen LogP contribution is 2.67. The van der Waals surface area contributed by atoms with Crippen LogP contribution in [0.1, 0.15) is 47.0 Å². The van der Waals surface area contributed by atoms with E-state index in [1.165, 1.54) is 19.3 Å². The molecule has 0 heterocycles. The summed E-state index contributed by atoms with van der Waals surface area (Å²) in [6.45, 7) is 9.14. The molecule has 0 aliphatic heterocycles. The molecule has 0 aromatic carbocycles. The SMILES string of the molecule is C/C(=N\NC(N)=O)C1CC2(C)CCC1C2(C)C. The first-order valence-corrected chi connectivity index (χ1v) is 6.37. The number of urea groups is 1. The maximum atomic E-state index is 10.7. The van der Waals surface area contributed by atoms with Crippen molar-refractivity contribution >= 4 is 11.7 Å². The zero-order valence-corrected chi connectivity index (χ0v) is 11.2. The predicted octanol–water partition coefficient (Wildman–Crippen LogP) is 2.49. The summed E-state index contributed by atoms with van der Waals surface area (Å²) >= 11 is 0. The molecule has 4 heteroatoms. The van der Waals surface area contributed by atoms with Gasteiger partial charge in [-0.1, -0.05) is 20.8 Å². The van der Waals surface area contributed by atoms with E-state index in [0.29, 0.717) is 22.7 Å². The van der Waals surface area contributed by atoms with Gasteiger partial charge in [-0.25, -0.2) is 10.2 Å². The monoisotopic (exact) mass is 237 g/mol. The number of nitrogens with one attached hydrogen (secondary N) is 1. The number of primary amides is 1. The molecule has 0 spiro atoms. The van der Waals surface area contributed by atoms with Crippen LogP contribution in [0.15, 0.2) is 5.10 Å². The lowest BCUT2D eigenvalue weighted by atomic mass is 9.71. The molecule has 2 amide bonds. The zero-order chi connectivity index (χ0) is 12.8. The Kier molecular flexibility index (Phi) is 2.71. The number of hydrazone groups is 1. The minimum atomic E-state index is -0.585. The minimum Gasteiger partial charge on any atom is -0.350 e. The van der Waals surface area contributed by atoms with Gasteiger partial charge >= 0.3 is 6.03 Å². The van der Waals surface area contributed by atoms with E-state index >= 15 is 0 Å². The third kappa shape index (κ3) is 1.74. The summed E-state index contributed by atoms with van der Waals surface area (Å²) in [5.74, 6) is 1.18. The first-order chi connectivity index (χ1) is 7.78. The molecule has 0 saturated heterocycles. The molecule has 3 unspecified atom stereocenters. The number of rotatable bonds is 2. The highest BCUT2D eigenvalue weighted by molar-refractivity contribution is 5.86. The third-order valence-electron chi connectivity index (χ3n) is 5.52. The van der Waals surface area contributed by atoms with Gasteiger partial charge in [0.15, 0.2) is 0 Å². The summed E-state index contributed by atoms with van der Waals surface area (Å²) in [7, 11) is 0.